The van der Waals surface area contributed by atoms with Crippen molar-refractivity contribution in [2.75, 3.05) is 6.79 Å². The molecular formula is C22H17F3O2. The molecule has 1 atom stereocenters. The van der Waals surface area contributed by atoms with E-state index in [1.54, 1.807) is 0 Å². The van der Waals surface area contributed by atoms with Gasteiger partial charge in [0.25, 0.3) is 0 Å². The Morgan fingerprint density at radius 2 is 1.26 bits per heavy atom. The zero-order chi connectivity index (χ0) is 18.9. The lowest BCUT2D eigenvalue weighted by molar-refractivity contribution is -0.137. The summed E-state index contributed by atoms with van der Waals surface area (Å²) in [5.74, 6) is 0. The summed E-state index contributed by atoms with van der Waals surface area (Å²) in [6.07, 6.45) is -4.94. The maximum atomic E-state index is 12.9. The van der Waals surface area contributed by atoms with E-state index >= 15 is 0 Å². The molecule has 0 saturated carbocycles. The predicted octanol–water partition coefficient (Wildman–Crippen LogP) is 5.69. The van der Waals surface area contributed by atoms with Crippen molar-refractivity contribution in [3.05, 3.63) is 107 Å². The van der Waals surface area contributed by atoms with Gasteiger partial charge in [0.15, 0.2) is 5.60 Å². The van der Waals surface area contributed by atoms with Crippen LogP contribution in [0.3, 0.4) is 0 Å². The Hall–Kier alpha value is -2.63. The first-order valence-corrected chi connectivity index (χ1v) is 8.55. The van der Waals surface area contributed by atoms with Gasteiger partial charge in [-0.2, -0.15) is 13.2 Å². The number of halogens is 3. The van der Waals surface area contributed by atoms with Crippen molar-refractivity contribution in [2.45, 2.75) is 17.9 Å². The predicted molar refractivity (Wildman–Crippen MR) is 94.9 cm³/mol. The van der Waals surface area contributed by atoms with Gasteiger partial charge in [0.2, 0.25) is 0 Å². The SMILES string of the molecule is FC(F)(F)c1ccc(C2OCOC2(c2ccccc2)c2ccccc2)cc1. The minimum absolute atomic E-state index is 0.0511. The van der Waals surface area contributed by atoms with Gasteiger partial charge in [-0.05, 0) is 28.8 Å². The van der Waals surface area contributed by atoms with Crippen molar-refractivity contribution in [1.82, 2.24) is 0 Å². The molecule has 1 fully saturated rings. The van der Waals surface area contributed by atoms with E-state index in [4.69, 9.17) is 9.47 Å². The molecule has 3 aromatic carbocycles. The van der Waals surface area contributed by atoms with Crippen LogP contribution in [0.1, 0.15) is 28.4 Å². The van der Waals surface area contributed by atoms with Gasteiger partial charge < -0.3 is 9.47 Å². The third-order valence-electron chi connectivity index (χ3n) is 4.84. The summed E-state index contributed by atoms with van der Waals surface area (Å²) in [6, 6.07) is 24.3. The molecule has 27 heavy (non-hydrogen) atoms. The summed E-state index contributed by atoms with van der Waals surface area (Å²) in [5.41, 5.74) is 0.794. The van der Waals surface area contributed by atoms with Gasteiger partial charge in [0.05, 0.1) is 5.56 Å². The summed E-state index contributed by atoms with van der Waals surface area (Å²) in [7, 11) is 0. The van der Waals surface area contributed by atoms with E-state index in [1.807, 2.05) is 60.7 Å². The minimum atomic E-state index is -4.37. The molecule has 0 N–H and O–H groups in total. The molecule has 1 heterocycles. The highest BCUT2D eigenvalue weighted by Crippen LogP contribution is 2.50. The molecule has 1 saturated heterocycles. The summed E-state index contributed by atoms with van der Waals surface area (Å²) in [5, 5.41) is 0. The van der Waals surface area contributed by atoms with Gasteiger partial charge in [-0.25, -0.2) is 0 Å². The van der Waals surface area contributed by atoms with E-state index in [1.165, 1.54) is 12.1 Å². The van der Waals surface area contributed by atoms with Gasteiger partial charge >= 0.3 is 6.18 Å². The Bertz CT molecular complexity index is 851. The molecule has 0 aromatic heterocycles. The van der Waals surface area contributed by atoms with E-state index in [0.717, 1.165) is 23.3 Å². The van der Waals surface area contributed by atoms with Crippen LogP contribution >= 0.6 is 0 Å². The number of ether oxygens (including phenoxy) is 2. The first-order chi connectivity index (χ1) is 13.0. The van der Waals surface area contributed by atoms with Crippen LogP contribution in [0.25, 0.3) is 0 Å². The Morgan fingerprint density at radius 3 is 1.74 bits per heavy atom. The van der Waals surface area contributed by atoms with Crippen LogP contribution in [0.4, 0.5) is 13.2 Å². The molecule has 1 unspecified atom stereocenters. The smallest absolute Gasteiger partial charge is 0.344 e. The normalized spacial score (nSPS) is 19.1. The highest BCUT2D eigenvalue weighted by atomic mass is 19.4. The Morgan fingerprint density at radius 1 is 0.741 bits per heavy atom. The fraction of sp³-hybridized carbons (Fsp3) is 0.182. The molecule has 5 heteroatoms. The van der Waals surface area contributed by atoms with E-state index in [0.29, 0.717) is 5.56 Å². The molecule has 4 rings (SSSR count). The second-order valence-electron chi connectivity index (χ2n) is 6.40. The molecule has 0 amide bonds. The Kier molecular flexibility index (Phi) is 4.50. The van der Waals surface area contributed by atoms with Crippen LogP contribution in [0, 0.1) is 0 Å². The van der Waals surface area contributed by atoms with Gasteiger partial charge in [0.1, 0.15) is 12.9 Å². The van der Waals surface area contributed by atoms with Crippen molar-refractivity contribution in [3.8, 4) is 0 Å². The molecule has 1 aliphatic rings. The Labute approximate surface area is 155 Å². The molecule has 0 radical (unpaired) electrons. The van der Waals surface area contributed by atoms with E-state index in [9.17, 15) is 13.2 Å². The average Bonchev–Trinajstić information content (AvgIpc) is 3.15. The Balaban J connectivity index is 1.84. The molecular weight excluding hydrogens is 353 g/mol. The van der Waals surface area contributed by atoms with Crippen LogP contribution in [-0.4, -0.2) is 6.79 Å². The average molecular weight is 370 g/mol. The topological polar surface area (TPSA) is 18.5 Å². The first kappa shape index (κ1) is 17.8. The second kappa shape index (κ2) is 6.83. The summed E-state index contributed by atoms with van der Waals surface area (Å²) >= 11 is 0. The van der Waals surface area contributed by atoms with Crippen molar-refractivity contribution < 1.29 is 22.6 Å². The zero-order valence-electron chi connectivity index (χ0n) is 14.3. The number of benzene rings is 3. The fourth-order valence-electron chi connectivity index (χ4n) is 3.57. The molecule has 138 valence electrons. The maximum absolute atomic E-state index is 12.9. The third-order valence-corrected chi connectivity index (χ3v) is 4.84. The molecule has 0 aliphatic carbocycles. The van der Waals surface area contributed by atoms with Crippen molar-refractivity contribution >= 4 is 0 Å². The standard InChI is InChI=1S/C22H17F3O2/c23-22(24,25)19-13-11-16(12-14-19)20-21(27-15-26-20,17-7-3-1-4-8-17)18-9-5-2-6-10-18/h1-14,20H,15H2. The van der Waals surface area contributed by atoms with Crippen molar-refractivity contribution in [1.29, 1.82) is 0 Å². The van der Waals surface area contributed by atoms with Gasteiger partial charge in [-0.15, -0.1) is 0 Å². The minimum Gasteiger partial charge on any atom is -0.344 e. The first-order valence-electron chi connectivity index (χ1n) is 8.55. The number of hydrogen-bond donors (Lipinski definition) is 0. The maximum Gasteiger partial charge on any atom is 0.416 e. The van der Waals surface area contributed by atoms with Gasteiger partial charge in [0, 0.05) is 0 Å². The van der Waals surface area contributed by atoms with Crippen LogP contribution in [0.15, 0.2) is 84.9 Å². The van der Waals surface area contributed by atoms with Gasteiger partial charge in [-0.3, -0.25) is 0 Å². The lowest BCUT2D eigenvalue weighted by atomic mass is 9.79. The fourth-order valence-corrected chi connectivity index (χ4v) is 3.57. The number of hydrogen-bond acceptors (Lipinski definition) is 2. The molecule has 1 aliphatic heterocycles. The van der Waals surface area contributed by atoms with Crippen LogP contribution in [-0.2, 0) is 21.3 Å². The van der Waals surface area contributed by atoms with Crippen molar-refractivity contribution in [3.63, 3.8) is 0 Å². The van der Waals surface area contributed by atoms with E-state index in [-0.39, 0.29) is 6.79 Å². The largest absolute Gasteiger partial charge is 0.416 e. The highest BCUT2D eigenvalue weighted by molar-refractivity contribution is 5.42. The van der Waals surface area contributed by atoms with Crippen LogP contribution < -0.4 is 0 Å². The second-order valence-corrected chi connectivity index (χ2v) is 6.40. The lowest BCUT2D eigenvalue weighted by Crippen LogP contribution is -2.33. The molecule has 0 spiro atoms. The van der Waals surface area contributed by atoms with Crippen molar-refractivity contribution in [2.24, 2.45) is 0 Å². The lowest BCUT2D eigenvalue weighted by Gasteiger charge is -2.34. The summed E-state index contributed by atoms with van der Waals surface area (Å²) < 4.78 is 50.8. The van der Waals surface area contributed by atoms with E-state index < -0.39 is 23.4 Å². The van der Waals surface area contributed by atoms with Gasteiger partial charge in [-0.1, -0.05) is 72.8 Å². The summed E-state index contributed by atoms with van der Waals surface area (Å²) in [4.78, 5) is 0. The quantitative estimate of drug-likeness (QED) is 0.589. The highest BCUT2D eigenvalue weighted by Gasteiger charge is 2.49. The number of rotatable bonds is 3. The number of alkyl halides is 3. The monoisotopic (exact) mass is 370 g/mol. The molecule has 0 bridgehead atoms. The molecule has 3 aromatic rings. The van der Waals surface area contributed by atoms with E-state index in [2.05, 4.69) is 0 Å². The zero-order valence-corrected chi connectivity index (χ0v) is 14.3. The molecule has 2 nitrogen and oxygen atoms in total. The third kappa shape index (κ3) is 3.13. The van der Waals surface area contributed by atoms with Crippen LogP contribution in [0.5, 0.6) is 0 Å². The summed E-state index contributed by atoms with van der Waals surface area (Å²) in [6.45, 7) is 0.0511. The van der Waals surface area contributed by atoms with Crippen LogP contribution in [0.2, 0.25) is 0 Å².